The topological polar surface area (TPSA) is 54.7 Å². The Morgan fingerprint density at radius 2 is 1.85 bits per heavy atom. The monoisotopic (exact) mass is 369 g/mol. The molecule has 26 heavy (non-hydrogen) atoms. The fraction of sp³-hybridized carbons (Fsp3) is 0.350. The van der Waals surface area contributed by atoms with Gasteiger partial charge in [0.25, 0.3) is 0 Å². The molecule has 1 aliphatic rings. The molecule has 0 bridgehead atoms. The van der Waals surface area contributed by atoms with Crippen molar-refractivity contribution in [1.82, 2.24) is 13.7 Å². The Hall–Kier alpha value is -2.18. The zero-order valence-corrected chi connectivity index (χ0v) is 16.1. The van der Waals surface area contributed by atoms with Crippen LogP contribution in [0.3, 0.4) is 0 Å². The van der Waals surface area contributed by atoms with Crippen LogP contribution in [-0.2, 0) is 16.6 Å². The summed E-state index contributed by atoms with van der Waals surface area (Å²) in [5.74, 6) is 0. The van der Waals surface area contributed by atoms with Crippen LogP contribution in [0.15, 0.2) is 47.6 Å². The molecule has 0 aliphatic heterocycles. The van der Waals surface area contributed by atoms with Crippen molar-refractivity contribution in [3.63, 3.8) is 0 Å². The molecular weight excluding hydrogens is 346 g/mol. The molecule has 0 saturated heterocycles. The average molecular weight is 369 g/mol. The van der Waals surface area contributed by atoms with Crippen LogP contribution in [0.5, 0.6) is 0 Å². The minimum atomic E-state index is -3.57. The first kappa shape index (κ1) is 17.2. The Labute approximate surface area is 154 Å². The van der Waals surface area contributed by atoms with Crippen molar-refractivity contribution in [3.8, 4) is 0 Å². The summed E-state index contributed by atoms with van der Waals surface area (Å²) in [7, 11) is -3.57. The Balaban J connectivity index is 1.77. The molecule has 0 spiro atoms. The fourth-order valence-electron chi connectivity index (χ4n) is 3.73. The van der Waals surface area contributed by atoms with Crippen molar-refractivity contribution in [1.29, 1.82) is 0 Å². The average Bonchev–Trinajstić information content (AvgIpc) is 3.31. The van der Waals surface area contributed by atoms with Crippen LogP contribution in [0.2, 0.25) is 0 Å². The zero-order valence-electron chi connectivity index (χ0n) is 15.3. The molecule has 0 amide bonds. The summed E-state index contributed by atoms with van der Waals surface area (Å²) < 4.78 is 30.7. The van der Waals surface area contributed by atoms with E-state index in [-0.39, 0.29) is 6.04 Å². The molecule has 4 rings (SSSR count). The van der Waals surface area contributed by atoms with E-state index in [2.05, 4.69) is 4.98 Å². The van der Waals surface area contributed by atoms with Gasteiger partial charge in [-0.15, -0.1) is 0 Å². The van der Waals surface area contributed by atoms with Crippen molar-refractivity contribution in [2.75, 3.05) is 0 Å². The number of fused-ring (bicyclic) bond motifs is 1. The highest BCUT2D eigenvalue weighted by molar-refractivity contribution is 7.89. The third-order valence-corrected chi connectivity index (χ3v) is 7.14. The van der Waals surface area contributed by atoms with Gasteiger partial charge in [-0.05, 0) is 56.9 Å². The minimum absolute atomic E-state index is 0.0781. The SMILES string of the molecule is Cc1cc(C)c(S(=O)(=O)N(Cc2cnc3ccccn23)C2CC2)c(C)c1. The lowest BCUT2D eigenvalue weighted by molar-refractivity contribution is 0.393. The number of aromatic nitrogens is 2. The van der Waals surface area contributed by atoms with E-state index in [9.17, 15) is 8.42 Å². The summed E-state index contributed by atoms with van der Waals surface area (Å²) in [4.78, 5) is 4.84. The second-order valence-electron chi connectivity index (χ2n) is 7.19. The number of aryl methyl sites for hydroxylation is 3. The molecule has 1 aromatic carbocycles. The van der Waals surface area contributed by atoms with Gasteiger partial charge >= 0.3 is 0 Å². The molecule has 1 saturated carbocycles. The highest BCUT2D eigenvalue weighted by atomic mass is 32.2. The first-order valence-electron chi connectivity index (χ1n) is 8.88. The van der Waals surface area contributed by atoms with E-state index in [4.69, 9.17) is 0 Å². The molecule has 0 unspecified atom stereocenters. The molecule has 0 N–H and O–H groups in total. The van der Waals surface area contributed by atoms with Gasteiger partial charge in [0.1, 0.15) is 5.65 Å². The highest BCUT2D eigenvalue weighted by Gasteiger charge is 2.39. The minimum Gasteiger partial charge on any atom is -0.303 e. The van der Waals surface area contributed by atoms with Gasteiger partial charge in [-0.3, -0.25) is 0 Å². The van der Waals surface area contributed by atoms with E-state index in [1.54, 1.807) is 10.5 Å². The fourth-order valence-corrected chi connectivity index (χ4v) is 5.80. The van der Waals surface area contributed by atoms with Crippen LogP contribution in [0.1, 0.15) is 35.2 Å². The standard InChI is InChI=1S/C20H23N3O2S/c1-14-10-15(2)20(16(3)11-14)26(24,25)23(17-7-8-17)13-18-12-21-19-6-4-5-9-22(18)19/h4-6,9-12,17H,7-8,13H2,1-3H3. The van der Waals surface area contributed by atoms with E-state index in [1.807, 2.05) is 61.7 Å². The Morgan fingerprint density at radius 1 is 1.15 bits per heavy atom. The van der Waals surface area contributed by atoms with E-state index in [1.165, 1.54) is 0 Å². The number of imidazole rings is 1. The van der Waals surface area contributed by atoms with Crippen LogP contribution < -0.4 is 0 Å². The third-order valence-electron chi connectivity index (χ3n) is 4.94. The van der Waals surface area contributed by atoms with E-state index < -0.39 is 10.0 Å². The Morgan fingerprint density at radius 3 is 2.50 bits per heavy atom. The molecule has 0 radical (unpaired) electrons. The summed E-state index contributed by atoms with van der Waals surface area (Å²) in [6, 6.07) is 9.75. The normalized spacial score (nSPS) is 15.1. The van der Waals surface area contributed by atoms with Crippen molar-refractivity contribution < 1.29 is 8.42 Å². The van der Waals surface area contributed by atoms with Gasteiger partial charge < -0.3 is 4.40 Å². The van der Waals surface area contributed by atoms with E-state index in [0.29, 0.717) is 11.4 Å². The number of hydrogen-bond donors (Lipinski definition) is 0. The first-order valence-corrected chi connectivity index (χ1v) is 10.3. The molecular formula is C20H23N3O2S. The third kappa shape index (κ3) is 2.93. The summed E-state index contributed by atoms with van der Waals surface area (Å²) in [6.07, 6.45) is 5.53. The van der Waals surface area contributed by atoms with Crippen LogP contribution in [0, 0.1) is 20.8 Å². The molecule has 136 valence electrons. The molecule has 5 nitrogen and oxygen atoms in total. The van der Waals surface area contributed by atoms with Crippen molar-refractivity contribution >= 4 is 15.7 Å². The van der Waals surface area contributed by atoms with Crippen molar-refractivity contribution in [2.24, 2.45) is 0 Å². The van der Waals surface area contributed by atoms with Gasteiger partial charge in [-0.1, -0.05) is 23.8 Å². The smallest absolute Gasteiger partial charge is 0.244 e. The summed E-state index contributed by atoms with van der Waals surface area (Å²) >= 11 is 0. The van der Waals surface area contributed by atoms with Gasteiger partial charge in [0, 0.05) is 12.2 Å². The molecule has 3 aromatic rings. The number of hydrogen-bond acceptors (Lipinski definition) is 3. The van der Waals surface area contributed by atoms with Gasteiger partial charge in [-0.25, -0.2) is 13.4 Å². The number of benzene rings is 1. The van der Waals surface area contributed by atoms with Crippen LogP contribution in [-0.4, -0.2) is 28.1 Å². The lowest BCUT2D eigenvalue weighted by Gasteiger charge is -2.24. The quantitative estimate of drug-likeness (QED) is 0.690. The maximum absolute atomic E-state index is 13.5. The van der Waals surface area contributed by atoms with Crippen molar-refractivity contribution in [3.05, 3.63) is 65.1 Å². The number of sulfonamides is 1. The molecule has 2 heterocycles. The maximum atomic E-state index is 13.5. The molecule has 1 fully saturated rings. The summed E-state index contributed by atoms with van der Waals surface area (Å²) in [5, 5.41) is 0. The van der Waals surface area contributed by atoms with Gasteiger partial charge in [0.2, 0.25) is 10.0 Å². The van der Waals surface area contributed by atoms with Crippen LogP contribution >= 0.6 is 0 Å². The van der Waals surface area contributed by atoms with E-state index in [0.717, 1.165) is 40.9 Å². The molecule has 1 aliphatic carbocycles. The number of nitrogens with zero attached hydrogens (tertiary/aromatic N) is 3. The van der Waals surface area contributed by atoms with Crippen molar-refractivity contribution in [2.45, 2.75) is 51.1 Å². The molecule has 2 aromatic heterocycles. The largest absolute Gasteiger partial charge is 0.303 e. The first-order chi connectivity index (χ1) is 12.4. The lowest BCUT2D eigenvalue weighted by Crippen LogP contribution is -2.34. The van der Waals surface area contributed by atoms with E-state index >= 15 is 0 Å². The summed E-state index contributed by atoms with van der Waals surface area (Å²) in [5.41, 5.74) is 4.42. The predicted molar refractivity (Wildman–Crippen MR) is 102 cm³/mol. The lowest BCUT2D eigenvalue weighted by atomic mass is 10.1. The second-order valence-corrected chi connectivity index (χ2v) is 9.02. The Kier molecular flexibility index (Phi) is 4.12. The predicted octanol–water partition coefficient (Wildman–Crippen LogP) is 3.61. The number of rotatable bonds is 5. The van der Waals surface area contributed by atoms with Gasteiger partial charge in [0.15, 0.2) is 0 Å². The number of pyridine rings is 1. The Bertz CT molecular complexity index is 1060. The summed E-state index contributed by atoms with van der Waals surface area (Å²) in [6.45, 7) is 6.09. The highest BCUT2D eigenvalue weighted by Crippen LogP contribution is 2.35. The molecule has 0 atom stereocenters. The van der Waals surface area contributed by atoms with Gasteiger partial charge in [-0.2, -0.15) is 4.31 Å². The second kappa shape index (κ2) is 6.21. The van der Waals surface area contributed by atoms with Crippen LogP contribution in [0.4, 0.5) is 0 Å². The van der Waals surface area contributed by atoms with Crippen LogP contribution in [0.25, 0.3) is 5.65 Å². The zero-order chi connectivity index (χ0) is 18.5. The molecule has 6 heteroatoms. The maximum Gasteiger partial charge on any atom is 0.244 e. The van der Waals surface area contributed by atoms with Gasteiger partial charge in [0.05, 0.1) is 23.3 Å².